The second kappa shape index (κ2) is 8.33. The van der Waals surface area contributed by atoms with Gasteiger partial charge in [0, 0.05) is 11.6 Å². The van der Waals surface area contributed by atoms with Gasteiger partial charge in [-0.05, 0) is 37.7 Å². The van der Waals surface area contributed by atoms with E-state index in [4.69, 9.17) is 15.2 Å². The fraction of sp³-hybridized carbons (Fsp3) is 0.600. The van der Waals surface area contributed by atoms with Gasteiger partial charge >= 0.3 is 0 Å². The summed E-state index contributed by atoms with van der Waals surface area (Å²) >= 11 is 1.82. The molecule has 0 bridgehead atoms. The number of rotatable bonds is 8. The van der Waals surface area contributed by atoms with Gasteiger partial charge in [0.1, 0.15) is 11.5 Å². The Hall–Kier alpha value is -0.870. The van der Waals surface area contributed by atoms with E-state index in [9.17, 15) is 0 Å². The van der Waals surface area contributed by atoms with E-state index in [1.807, 2.05) is 30.8 Å². The third-order valence-corrected chi connectivity index (χ3v) is 3.95. The van der Waals surface area contributed by atoms with Gasteiger partial charge in [0.05, 0.1) is 19.1 Å². The zero-order valence-corrected chi connectivity index (χ0v) is 13.2. The first kappa shape index (κ1) is 16.2. The van der Waals surface area contributed by atoms with Crippen molar-refractivity contribution in [3.05, 3.63) is 17.7 Å². The SMILES string of the molecule is CCCCSc1cc(OC)[13cH]c(CC(C)N)c1OC. The van der Waals surface area contributed by atoms with Crippen LogP contribution in [0.25, 0.3) is 0 Å². The third kappa shape index (κ3) is 4.96. The van der Waals surface area contributed by atoms with Crippen molar-refractivity contribution in [2.75, 3.05) is 20.0 Å². The second-order valence-electron chi connectivity index (χ2n) is 4.70. The van der Waals surface area contributed by atoms with Crippen molar-refractivity contribution in [2.24, 2.45) is 5.73 Å². The number of unbranched alkanes of at least 4 members (excludes halogenated alkanes) is 1. The standard InChI is InChI=1S/C15H25NO2S/c1-5-6-7-19-14-10-13(17-3)9-12(8-11(2)16)15(14)18-4/h9-11H,5-8,16H2,1-4H3/i9+1. The van der Waals surface area contributed by atoms with E-state index in [1.54, 1.807) is 14.2 Å². The van der Waals surface area contributed by atoms with Crippen molar-refractivity contribution in [1.29, 1.82) is 0 Å². The van der Waals surface area contributed by atoms with E-state index in [0.717, 1.165) is 34.1 Å². The van der Waals surface area contributed by atoms with Gasteiger partial charge in [-0.15, -0.1) is 11.8 Å². The number of thioether (sulfide) groups is 1. The summed E-state index contributed by atoms with van der Waals surface area (Å²) in [5.41, 5.74) is 7.03. The molecule has 0 aliphatic heterocycles. The number of hydrogen-bond donors (Lipinski definition) is 1. The highest BCUT2D eigenvalue weighted by Gasteiger charge is 2.14. The molecule has 1 aromatic carbocycles. The molecule has 1 rings (SSSR count). The lowest BCUT2D eigenvalue weighted by Crippen LogP contribution is -2.18. The Kier molecular flexibility index (Phi) is 7.10. The average molecular weight is 284 g/mol. The number of ether oxygens (including phenoxy) is 2. The van der Waals surface area contributed by atoms with Crippen LogP contribution in [-0.4, -0.2) is 26.0 Å². The fourth-order valence-corrected chi connectivity index (χ4v) is 3.11. The molecular formula is C15H25NO2S. The van der Waals surface area contributed by atoms with E-state index in [2.05, 4.69) is 6.92 Å². The van der Waals surface area contributed by atoms with Gasteiger partial charge in [0.15, 0.2) is 0 Å². The Balaban J connectivity index is 3.03. The predicted octanol–water partition coefficient (Wildman–Crippen LogP) is 3.49. The lowest BCUT2D eigenvalue weighted by atomic mass is 10.1. The molecule has 1 unspecified atom stereocenters. The van der Waals surface area contributed by atoms with Crippen LogP contribution in [-0.2, 0) is 6.42 Å². The van der Waals surface area contributed by atoms with Crippen LogP contribution in [0, 0.1) is 0 Å². The van der Waals surface area contributed by atoms with E-state index in [-0.39, 0.29) is 6.04 Å². The number of nitrogens with two attached hydrogens (primary N) is 1. The van der Waals surface area contributed by atoms with Crippen LogP contribution in [0.4, 0.5) is 0 Å². The van der Waals surface area contributed by atoms with Crippen LogP contribution in [0.2, 0.25) is 0 Å². The first-order valence-electron chi connectivity index (χ1n) is 6.75. The maximum atomic E-state index is 5.91. The second-order valence-corrected chi connectivity index (χ2v) is 5.84. The quantitative estimate of drug-likeness (QED) is 0.586. The summed E-state index contributed by atoms with van der Waals surface area (Å²) in [5, 5.41) is 0. The molecule has 0 heterocycles. The minimum Gasteiger partial charge on any atom is -0.497 e. The third-order valence-electron chi connectivity index (χ3n) is 2.84. The molecule has 19 heavy (non-hydrogen) atoms. The molecule has 0 aliphatic rings. The summed E-state index contributed by atoms with van der Waals surface area (Å²) in [5.74, 6) is 2.91. The van der Waals surface area contributed by atoms with Crippen molar-refractivity contribution < 1.29 is 9.47 Å². The minimum atomic E-state index is 0.106. The number of methoxy groups -OCH3 is 2. The summed E-state index contributed by atoms with van der Waals surface area (Å²) in [6, 6.07) is 4.17. The lowest BCUT2D eigenvalue weighted by Gasteiger charge is -2.16. The fourth-order valence-electron chi connectivity index (χ4n) is 1.91. The Morgan fingerprint density at radius 1 is 1.26 bits per heavy atom. The van der Waals surface area contributed by atoms with Crippen molar-refractivity contribution >= 4 is 11.8 Å². The first-order valence-corrected chi connectivity index (χ1v) is 7.74. The largest absolute Gasteiger partial charge is 0.497 e. The molecule has 1 aromatic rings. The summed E-state index contributed by atoms with van der Waals surface area (Å²) < 4.78 is 10.9. The lowest BCUT2D eigenvalue weighted by molar-refractivity contribution is 0.388. The molecule has 0 aromatic heterocycles. The summed E-state index contributed by atoms with van der Waals surface area (Å²) in [6.07, 6.45) is 3.20. The van der Waals surface area contributed by atoms with Crippen LogP contribution in [0.1, 0.15) is 32.3 Å². The smallest absolute Gasteiger partial charge is 0.135 e. The normalized spacial score (nSPS) is 12.3. The maximum Gasteiger partial charge on any atom is 0.135 e. The summed E-state index contributed by atoms with van der Waals surface area (Å²) in [6.45, 7) is 4.20. The molecule has 108 valence electrons. The molecule has 3 nitrogen and oxygen atoms in total. The van der Waals surface area contributed by atoms with Gasteiger partial charge in [-0.25, -0.2) is 0 Å². The average Bonchev–Trinajstić information content (AvgIpc) is 2.38. The number of benzene rings is 1. The molecule has 0 fully saturated rings. The molecular weight excluding hydrogens is 259 g/mol. The van der Waals surface area contributed by atoms with Gasteiger partial charge in [0.25, 0.3) is 0 Å². The molecule has 2 N–H and O–H groups in total. The van der Waals surface area contributed by atoms with E-state index in [1.165, 1.54) is 12.8 Å². The van der Waals surface area contributed by atoms with Crippen molar-refractivity contribution in [3.63, 3.8) is 0 Å². The summed E-state index contributed by atoms with van der Waals surface area (Å²) in [4.78, 5) is 1.14. The van der Waals surface area contributed by atoms with Crippen LogP contribution < -0.4 is 15.2 Å². The van der Waals surface area contributed by atoms with Crippen molar-refractivity contribution in [2.45, 2.75) is 44.0 Å². The van der Waals surface area contributed by atoms with Gasteiger partial charge in [-0.2, -0.15) is 0 Å². The molecule has 0 spiro atoms. The van der Waals surface area contributed by atoms with Gasteiger partial charge in [-0.1, -0.05) is 13.3 Å². The van der Waals surface area contributed by atoms with Gasteiger partial charge in [0.2, 0.25) is 0 Å². The zero-order chi connectivity index (χ0) is 14.3. The molecule has 4 heteroatoms. The molecule has 0 radical (unpaired) electrons. The zero-order valence-electron chi connectivity index (χ0n) is 12.4. The molecule has 0 aliphatic carbocycles. The minimum absolute atomic E-state index is 0.106. The highest BCUT2D eigenvalue weighted by Crippen LogP contribution is 2.37. The molecule has 0 amide bonds. The molecule has 0 saturated carbocycles. The highest BCUT2D eigenvalue weighted by atomic mass is 32.2. The summed E-state index contributed by atoms with van der Waals surface area (Å²) in [7, 11) is 3.41. The predicted molar refractivity (Wildman–Crippen MR) is 82.5 cm³/mol. The first-order chi connectivity index (χ1) is 9.12. The topological polar surface area (TPSA) is 44.5 Å². The van der Waals surface area contributed by atoms with E-state index < -0.39 is 0 Å². The van der Waals surface area contributed by atoms with Crippen LogP contribution in [0.5, 0.6) is 11.5 Å². The van der Waals surface area contributed by atoms with Crippen molar-refractivity contribution in [1.82, 2.24) is 0 Å². The monoisotopic (exact) mass is 284 g/mol. The van der Waals surface area contributed by atoms with Crippen LogP contribution >= 0.6 is 11.8 Å². The Labute approximate surface area is 120 Å². The Bertz CT molecular complexity index is 394. The Morgan fingerprint density at radius 2 is 2.00 bits per heavy atom. The molecule has 1 atom stereocenters. The highest BCUT2D eigenvalue weighted by molar-refractivity contribution is 7.99. The van der Waals surface area contributed by atoms with Crippen LogP contribution in [0.15, 0.2) is 17.0 Å². The van der Waals surface area contributed by atoms with Crippen LogP contribution in [0.3, 0.4) is 0 Å². The maximum absolute atomic E-state index is 5.91. The van der Waals surface area contributed by atoms with E-state index in [0.29, 0.717) is 0 Å². The van der Waals surface area contributed by atoms with Gasteiger partial charge < -0.3 is 15.2 Å². The van der Waals surface area contributed by atoms with Gasteiger partial charge in [-0.3, -0.25) is 0 Å². The Morgan fingerprint density at radius 3 is 2.53 bits per heavy atom. The van der Waals surface area contributed by atoms with E-state index >= 15 is 0 Å². The molecule has 0 saturated heterocycles. The number of hydrogen-bond acceptors (Lipinski definition) is 4. The van der Waals surface area contributed by atoms with Crippen molar-refractivity contribution in [3.8, 4) is 11.5 Å².